The van der Waals surface area contributed by atoms with Gasteiger partial charge < -0.3 is 4.74 Å². The first-order valence-corrected chi connectivity index (χ1v) is 10.8. The van der Waals surface area contributed by atoms with Crippen LogP contribution in [0.15, 0.2) is 76.6 Å². The molecule has 1 aromatic heterocycles. The Hall–Kier alpha value is -2.11. The summed E-state index contributed by atoms with van der Waals surface area (Å²) in [7, 11) is 1.70. The molecule has 0 radical (unpaired) electrons. The summed E-state index contributed by atoms with van der Waals surface area (Å²) in [6, 6.07) is 18.7. The van der Waals surface area contributed by atoms with Crippen LogP contribution in [-0.4, -0.2) is 18.2 Å². The van der Waals surface area contributed by atoms with Gasteiger partial charge in [0.05, 0.1) is 12.8 Å². The zero-order chi connectivity index (χ0) is 19.2. The Morgan fingerprint density at radius 2 is 1.83 bits per heavy atom. The highest BCUT2D eigenvalue weighted by Crippen LogP contribution is 2.25. The molecule has 0 saturated carbocycles. The maximum Gasteiger partial charge on any atom is 0.189 e. The van der Waals surface area contributed by atoms with E-state index in [1.807, 2.05) is 12.1 Å². The molecule has 0 amide bonds. The van der Waals surface area contributed by atoms with Crippen molar-refractivity contribution in [1.82, 2.24) is 4.57 Å². The zero-order valence-electron chi connectivity index (χ0n) is 16.7. The molecular formula is C24H27BrN2OS. The summed E-state index contributed by atoms with van der Waals surface area (Å²) >= 11 is 1.71. The van der Waals surface area contributed by atoms with Crippen molar-refractivity contribution in [3.05, 3.63) is 76.4 Å². The molecule has 2 aromatic carbocycles. The van der Waals surface area contributed by atoms with Gasteiger partial charge in [0.2, 0.25) is 0 Å². The van der Waals surface area contributed by atoms with E-state index in [0.29, 0.717) is 0 Å². The number of hydrogen-bond acceptors (Lipinski definition) is 3. The lowest BCUT2D eigenvalue weighted by atomic mass is 9.97. The van der Waals surface area contributed by atoms with E-state index < -0.39 is 0 Å². The topological polar surface area (TPSA) is 26.5 Å². The van der Waals surface area contributed by atoms with Crippen molar-refractivity contribution in [3.63, 3.8) is 0 Å². The highest BCUT2D eigenvalue weighted by molar-refractivity contribution is 8.93. The molecule has 3 nitrogen and oxygen atoms in total. The van der Waals surface area contributed by atoms with Crippen molar-refractivity contribution in [2.75, 3.05) is 13.7 Å². The van der Waals surface area contributed by atoms with Crippen molar-refractivity contribution in [2.24, 2.45) is 4.99 Å². The molecule has 0 N–H and O–H groups in total. The molecule has 0 fully saturated rings. The Morgan fingerprint density at radius 3 is 2.52 bits per heavy atom. The fraction of sp³-hybridized carbons (Fsp3) is 0.292. The third kappa shape index (κ3) is 5.28. The Bertz CT molecular complexity index is 1000. The second-order valence-electron chi connectivity index (χ2n) is 7.04. The van der Waals surface area contributed by atoms with Gasteiger partial charge in [-0.05, 0) is 61.9 Å². The van der Waals surface area contributed by atoms with Crippen LogP contribution < -0.4 is 9.54 Å². The predicted octanol–water partition coefficient (Wildman–Crippen LogP) is 6.58. The van der Waals surface area contributed by atoms with E-state index in [9.17, 15) is 0 Å². The third-order valence-corrected chi connectivity index (χ3v) is 6.04. The number of halogens is 1. The summed E-state index contributed by atoms with van der Waals surface area (Å²) < 4.78 is 7.59. The van der Waals surface area contributed by atoms with Crippen LogP contribution in [0.25, 0.3) is 16.9 Å². The zero-order valence-corrected chi connectivity index (χ0v) is 19.2. The lowest BCUT2D eigenvalue weighted by Crippen LogP contribution is -2.15. The number of ether oxygens (including phenoxy) is 1. The summed E-state index contributed by atoms with van der Waals surface area (Å²) in [5.41, 5.74) is 5.06. The van der Waals surface area contributed by atoms with Crippen LogP contribution >= 0.6 is 28.3 Å². The minimum atomic E-state index is 0. The predicted molar refractivity (Wildman–Crippen MR) is 128 cm³/mol. The molecule has 4 rings (SSSR count). The van der Waals surface area contributed by atoms with Gasteiger partial charge in [0.15, 0.2) is 4.80 Å². The summed E-state index contributed by atoms with van der Waals surface area (Å²) in [5, 5.41) is 2.21. The lowest BCUT2D eigenvalue weighted by Gasteiger charge is -2.12. The third-order valence-electron chi connectivity index (χ3n) is 5.17. The largest absolute Gasteiger partial charge is 0.497 e. The second kappa shape index (κ2) is 10.6. The van der Waals surface area contributed by atoms with Crippen molar-refractivity contribution in [3.8, 4) is 22.7 Å². The molecule has 0 atom stereocenters. The Morgan fingerprint density at radius 1 is 1.03 bits per heavy atom. The lowest BCUT2D eigenvalue weighted by molar-refractivity contribution is 0.414. The molecule has 29 heavy (non-hydrogen) atoms. The van der Waals surface area contributed by atoms with Gasteiger partial charge in [-0.3, -0.25) is 9.56 Å². The molecule has 0 bridgehead atoms. The molecule has 0 aliphatic heterocycles. The Labute approximate surface area is 187 Å². The quantitative estimate of drug-likeness (QED) is 0.373. The van der Waals surface area contributed by atoms with E-state index in [1.165, 1.54) is 36.9 Å². The summed E-state index contributed by atoms with van der Waals surface area (Å²) in [5.74, 6) is 0.864. The highest BCUT2D eigenvalue weighted by Gasteiger charge is 2.10. The van der Waals surface area contributed by atoms with E-state index in [4.69, 9.17) is 9.73 Å². The minimum absolute atomic E-state index is 0. The molecule has 0 unspecified atom stereocenters. The molecular weight excluding hydrogens is 444 g/mol. The average molecular weight is 471 g/mol. The first-order valence-electron chi connectivity index (χ1n) is 9.94. The molecule has 0 saturated heterocycles. The molecule has 5 heteroatoms. The smallest absolute Gasteiger partial charge is 0.189 e. The van der Waals surface area contributed by atoms with Crippen LogP contribution in [0.5, 0.6) is 5.75 Å². The van der Waals surface area contributed by atoms with Crippen LogP contribution in [0.3, 0.4) is 0 Å². The second-order valence-corrected chi connectivity index (χ2v) is 7.88. The van der Waals surface area contributed by atoms with Crippen LogP contribution in [0.1, 0.15) is 32.1 Å². The number of methoxy groups -OCH3 is 1. The number of hydrogen-bond donors (Lipinski definition) is 0. The first kappa shape index (κ1) is 21.6. The van der Waals surface area contributed by atoms with Crippen LogP contribution in [0, 0.1) is 0 Å². The van der Waals surface area contributed by atoms with Gasteiger partial charge in [0, 0.05) is 17.6 Å². The molecule has 0 spiro atoms. The average Bonchev–Trinajstić information content (AvgIpc) is 3.19. The van der Waals surface area contributed by atoms with Gasteiger partial charge in [-0.15, -0.1) is 28.3 Å². The van der Waals surface area contributed by atoms with Crippen molar-refractivity contribution in [2.45, 2.75) is 32.1 Å². The Balaban J connectivity index is 0.00000240. The van der Waals surface area contributed by atoms with Gasteiger partial charge in [0.1, 0.15) is 5.75 Å². The Kier molecular flexibility index (Phi) is 7.90. The van der Waals surface area contributed by atoms with E-state index in [1.54, 1.807) is 24.0 Å². The number of allylic oxidation sites excluding steroid dienone is 1. The number of rotatable bonds is 6. The summed E-state index contributed by atoms with van der Waals surface area (Å²) in [6.45, 7) is 0.844. The molecule has 1 aliphatic rings. The van der Waals surface area contributed by atoms with E-state index in [-0.39, 0.29) is 17.0 Å². The number of thiazole rings is 1. The van der Waals surface area contributed by atoms with Gasteiger partial charge in [0.25, 0.3) is 0 Å². The monoisotopic (exact) mass is 470 g/mol. The maximum atomic E-state index is 5.33. The van der Waals surface area contributed by atoms with Gasteiger partial charge in [-0.2, -0.15) is 0 Å². The molecule has 1 heterocycles. The first-order chi connectivity index (χ1) is 13.8. The van der Waals surface area contributed by atoms with Gasteiger partial charge in [-0.25, -0.2) is 0 Å². The number of nitrogens with zero attached hydrogens (tertiary/aromatic N) is 2. The molecule has 152 valence electrons. The maximum absolute atomic E-state index is 5.33. The van der Waals surface area contributed by atoms with Crippen LogP contribution in [0.4, 0.5) is 0 Å². The van der Waals surface area contributed by atoms with Crippen LogP contribution in [0.2, 0.25) is 0 Å². The van der Waals surface area contributed by atoms with E-state index in [2.05, 4.69) is 58.5 Å². The standard InChI is InChI=1S/C24H26N2OS.BrH/c1-27-22-14-12-21(13-15-22)26-23(20-10-6-3-7-11-20)18-28-24(26)25-17-16-19-8-4-2-5-9-19;/h3,6-8,10-15,18H,2,4-5,9,16-17H2,1H3;1H. The van der Waals surface area contributed by atoms with Gasteiger partial charge in [-0.1, -0.05) is 42.0 Å². The van der Waals surface area contributed by atoms with E-state index >= 15 is 0 Å². The SMILES string of the molecule is Br.COc1ccc(-n2c(-c3ccccc3)csc2=NCCC2=CCCCC2)cc1. The van der Waals surface area contributed by atoms with Gasteiger partial charge >= 0.3 is 0 Å². The summed E-state index contributed by atoms with van der Waals surface area (Å²) in [6.07, 6.45) is 8.63. The fourth-order valence-electron chi connectivity index (χ4n) is 3.64. The number of aromatic nitrogens is 1. The molecule has 1 aliphatic carbocycles. The summed E-state index contributed by atoms with van der Waals surface area (Å²) in [4.78, 5) is 6.02. The van der Waals surface area contributed by atoms with Crippen molar-refractivity contribution in [1.29, 1.82) is 0 Å². The van der Waals surface area contributed by atoms with Crippen molar-refractivity contribution >= 4 is 28.3 Å². The number of benzene rings is 2. The fourth-order valence-corrected chi connectivity index (χ4v) is 4.57. The van der Waals surface area contributed by atoms with E-state index in [0.717, 1.165) is 29.2 Å². The van der Waals surface area contributed by atoms with Crippen molar-refractivity contribution < 1.29 is 4.74 Å². The minimum Gasteiger partial charge on any atom is -0.497 e. The normalized spacial score (nSPS) is 14.2. The molecule has 3 aromatic rings. The van der Waals surface area contributed by atoms with Crippen LogP contribution in [-0.2, 0) is 0 Å². The highest BCUT2D eigenvalue weighted by atomic mass is 79.9.